The van der Waals surface area contributed by atoms with E-state index in [2.05, 4.69) is 15.9 Å². The SMILES string of the molecule is O=Cc1cc(Cl)cc(Cl)c1OCc1ccc(Br)s1. The maximum atomic E-state index is 10.9. The van der Waals surface area contributed by atoms with Gasteiger partial charge in [-0.3, -0.25) is 4.79 Å². The largest absolute Gasteiger partial charge is 0.486 e. The van der Waals surface area contributed by atoms with Crippen LogP contribution in [-0.4, -0.2) is 6.29 Å². The molecule has 0 N–H and O–H groups in total. The molecular formula is C12H7BrCl2O2S. The summed E-state index contributed by atoms with van der Waals surface area (Å²) in [6, 6.07) is 6.96. The van der Waals surface area contributed by atoms with Crippen LogP contribution in [-0.2, 0) is 6.61 Å². The maximum absolute atomic E-state index is 10.9. The average Bonchev–Trinajstić information content (AvgIpc) is 2.73. The average molecular weight is 366 g/mol. The fourth-order valence-electron chi connectivity index (χ4n) is 1.39. The standard InChI is InChI=1S/C12H7BrCl2O2S/c13-11-2-1-9(18-11)6-17-12-7(5-16)3-8(14)4-10(12)15/h1-5H,6H2. The molecule has 2 aromatic rings. The van der Waals surface area contributed by atoms with E-state index in [1.54, 1.807) is 17.4 Å². The molecule has 0 amide bonds. The van der Waals surface area contributed by atoms with Crippen molar-refractivity contribution in [2.75, 3.05) is 0 Å². The first-order valence-corrected chi connectivity index (χ1v) is 7.28. The van der Waals surface area contributed by atoms with Crippen LogP contribution in [0.3, 0.4) is 0 Å². The molecule has 1 heterocycles. The lowest BCUT2D eigenvalue weighted by atomic mass is 10.2. The molecule has 18 heavy (non-hydrogen) atoms. The van der Waals surface area contributed by atoms with E-state index in [0.29, 0.717) is 34.3 Å². The Hall–Kier alpha value is -0.550. The second-order valence-electron chi connectivity index (χ2n) is 3.42. The van der Waals surface area contributed by atoms with Crippen LogP contribution in [0.5, 0.6) is 5.75 Å². The van der Waals surface area contributed by atoms with Crippen molar-refractivity contribution in [2.45, 2.75) is 6.61 Å². The normalized spacial score (nSPS) is 10.4. The van der Waals surface area contributed by atoms with Crippen LogP contribution in [0.1, 0.15) is 15.2 Å². The van der Waals surface area contributed by atoms with Crippen molar-refractivity contribution in [3.8, 4) is 5.75 Å². The van der Waals surface area contributed by atoms with Crippen LogP contribution in [0.25, 0.3) is 0 Å². The molecule has 6 heteroatoms. The Morgan fingerprint density at radius 1 is 1.33 bits per heavy atom. The minimum atomic E-state index is 0.334. The number of hydrogen-bond acceptors (Lipinski definition) is 3. The van der Waals surface area contributed by atoms with Crippen LogP contribution in [0.2, 0.25) is 10.0 Å². The van der Waals surface area contributed by atoms with Gasteiger partial charge in [-0.25, -0.2) is 0 Å². The third kappa shape index (κ3) is 3.26. The van der Waals surface area contributed by atoms with E-state index in [9.17, 15) is 4.79 Å². The molecule has 0 bridgehead atoms. The molecule has 0 radical (unpaired) electrons. The molecule has 0 fully saturated rings. The van der Waals surface area contributed by atoms with Gasteiger partial charge in [0.05, 0.1) is 14.4 Å². The first-order valence-electron chi connectivity index (χ1n) is 4.91. The van der Waals surface area contributed by atoms with Crippen molar-refractivity contribution in [1.29, 1.82) is 0 Å². The van der Waals surface area contributed by atoms with E-state index in [1.165, 1.54) is 6.07 Å². The van der Waals surface area contributed by atoms with Crippen molar-refractivity contribution in [3.63, 3.8) is 0 Å². The number of aldehydes is 1. The number of thiophene rings is 1. The molecular weight excluding hydrogens is 359 g/mol. The molecule has 94 valence electrons. The predicted octanol–water partition coefficient (Wildman–Crippen LogP) is 5.21. The Morgan fingerprint density at radius 3 is 2.72 bits per heavy atom. The van der Waals surface area contributed by atoms with Crippen molar-refractivity contribution < 1.29 is 9.53 Å². The Morgan fingerprint density at radius 2 is 2.11 bits per heavy atom. The van der Waals surface area contributed by atoms with Crippen molar-refractivity contribution in [3.05, 3.63) is 48.5 Å². The zero-order valence-corrected chi connectivity index (χ0v) is 12.9. The summed E-state index contributed by atoms with van der Waals surface area (Å²) in [5.74, 6) is 0.362. The van der Waals surface area contributed by atoms with Gasteiger partial charge in [-0.1, -0.05) is 23.2 Å². The summed E-state index contributed by atoms with van der Waals surface area (Å²) in [4.78, 5) is 12.0. The van der Waals surface area contributed by atoms with Gasteiger partial charge in [0, 0.05) is 9.90 Å². The fraction of sp³-hybridized carbons (Fsp3) is 0.0833. The van der Waals surface area contributed by atoms with Gasteiger partial charge in [0.15, 0.2) is 6.29 Å². The molecule has 2 rings (SSSR count). The molecule has 0 aliphatic rings. The summed E-state index contributed by atoms with van der Waals surface area (Å²) in [5, 5.41) is 0.744. The molecule has 0 unspecified atom stereocenters. The summed E-state index contributed by atoms with van der Waals surface area (Å²) in [7, 11) is 0. The maximum Gasteiger partial charge on any atom is 0.153 e. The number of hydrogen-bond donors (Lipinski definition) is 0. The second kappa shape index (κ2) is 6.06. The van der Waals surface area contributed by atoms with Gasteiger partial charge in [0.1, 0.15) is 12.4 Å². The number of carbonyl (C=O) groups excluding carboxylic acids is 1. The van der Waals surface area contributed by atoms with E-state index in [-0.39, 0.29) is 0 Å². The third-order valence-electron chi connectivity index (χ3n) is 2.15. The number of carbonyl (C=O) groups is 1. The first-order chi connectivity index (χ1) is 8.60. The Kier molecular flexibility index (Phi) is 4.67. The molecule has 0 aliphatic carbocycles. The van der Waals surface area contributed by atoms with Crippen molar-refractivity contribution in [1.82, 2.24) is 0 Å². The Balaban J connectivity index is 2.20. The summed E-state index contributed by atoms with van der Waals surface area (Å²) in [6.07, 6.45) is 0.678. The zero-order chi connectivity index (χ0) is 13.1. The smallest absolute Gasteiger partial charge is 0.153 e. The number of benzene rings is 1. The minimum Gasteiger partial charge on any atom is -0.486 e. The molecule has 0 saturated heterocycles. The first kappa shape index (κ1) is 13.9. The molecule has 0 atom stereocenters. The van der Waals surface area contributed by atoms with Crippen LogP contribution in [0, 0.1) is 0 Å². The van der Waals surface area contributed by atoms with Crippen LogP contribution < -0.4 is 4.74 Å². The van der Waals surface area contributed by atoms with Gasteiger partial charge in [-0.05, 0) is 40.2 Å². The van der Waals surface area contributed by atoms with E-state index in [0.717, 1.165) is 8.66 Å². The quantitative estimate of drug-likeness (QED) is 0.695. The molecule has 0 spiro atoms. The van der Waals surface area contributed by atoms with E-state index in [1.807, 2.05) is 12.1 Å². The summed E-state index contributed by atoms with van der Waals surface area (Å²) < 4.78 is 6.61. The number of halogens is 3. The number of rotatable bonds is 4. The van der Waals surface area contributed by atoms with Gasteiger partial charge in [-0.15, -0.1) is 11.3 Å². The van der Waals surface area contributed by atoms with Gasteiger partial charge in [0.25, 0.3) is 0 Å². The molecule has 1 aromatic heterocycles. The summed E-state index contributed by atoms with van der Waals surface area (Å²) >= 11 is 16.8. The lowest BCUT2D eigenvalue weighted by Crippen LogP contribution is -1.97. The Labute approximate surface area is 127 Å². The Bertz CT molecular complexity index is 583. The highest BCUT2D eigenvalue weighted by Crippen LogP contribution is 2.32. The van der Waals surface area contributed by atoms with E-state index in [4.69, 9.17) is 27.9 Å². The second-order valence-corrected chi connectivity index (χ2v) is 6.81. The predicted molar refractivity (Wildman–Crippen MR) is 78.2 cm³/mol. The van der Waals surface area contributed by atoms with Crippen LogP contribution in [0.4, 0.5) is 0 Å². The van der Waals surface area contributed by atoms with Gasteiger partial charge >= 0.3 is 0 Å². The highest BCUT2D eigenvalue weighted by atomic mass is 79.9. The van der Waals surface area contributed by atoms with Gasteiger partial charge in [-0.2, -0.15) is 0 Å². The molecule has 1 aromatic carbocycles. The molecule has 0 saturated carbocycles. The lowest BCUT2D eigenvalue weighted by Gasteiger charge is -2.09. The summed E-state index contributed by atoms with van der Waals surface area (Å²) in [5.41, 5.74) is 0.350. The van der Waals surface area contributed by atoms with Crippen LogP contribution >= 0.6 is 50.5 Å². The van der Waals surface area contributed by atoms with Gasteiger partial charge < -0.3 is 4.74 Å². The molecule has 0 aliphatic heterocycles. The summed E-state index contributed by atoms with van der Waals surface area (Å²) in [6.45, 7) is 0.360. The van der Waals surface area contributed by atoms with E-state index < -0.39 is 0 Å². The highest BCUT2D eigenvalue weighted by molar-refractivity contribution is 9.11. The van der Waals surface area contributed by atoms with E-state index >= 15 is 0 Å². The van der Waals surface area contributed by atoms with Gasteiger partial charge in [0.2, 0.25) is 0 Å². The lowest BCUT2D eigenvalue weighted by molar-refractivity contribution is 0.111. The minimum absolute atomic E-state index is 0.334. The van der Waals surface area contributed by atoms with Crippen molar-refractivity contribution >= 4 is 56.8 Å². The monoisotopic (exact) mass is 364 g/mol. The highest BCUT2D eigenvalue weighted by Gasteiger charge is 2.11. The fourth-order valence-corrected chi connectivity index (χ4v) is 3.35. The zero-order valence-electron chi connectivity index (χ0n) is 8.95. The number of ether oxygens (including phenoxy) is 1. The van der Waals surface area contributed by atoms with Crippen LogP contribution in [0.15, 0.2) is 28.1 Å². The third-order valence-corrected chi connectivity index (χ3v) is 4.25. The van der Waals surface area contributed by atoms with Crippen molar-refractivity contribution in [2.24, 2.45) is 0 Å². The topological polar surface area (TPSA) is 26.3 Å². The molecule has 2 nitrogen and oxygen atoms in total.